The maximum atomic E-state index is 12.3. The average Bonchev–Trinajstić information content (AvgIpc) is 3.18. The first-order chi connectivity index (χ1) is 11.7. The number of aliphatic hydroxyl groups is 1. The Morgan fingerprint density at radius 1 is 1.36 bits per heavy atom. The Labute approximate surface area is 181 Å². The van der Waals surface area contributed by atoms with E-state index < -0.39 is 6.10 Å². The van der Waals surface area contributed by atoms with E-state index in [1.165, 1.54) is 0 Å². The summed E-state index contributed by atoms with van der Waals surface area (Å²) in [5, 5.41) is 10.3. The van der Waals surface area contributed by atoms with Gasteiger partial charge in [0.1, 0.15) is 5.78 Å². The Bertz CT molecular complexity index is 503. The summed E-state index contributed by atoms with van der Waals surface area (Å²) in [5.74, 6) is 0.576. The van der Waals surface area contributed by atoms with Crippen molar-refractivity contribution in [2.24, 2.45) is 5.92 Å². The van der Waals surface area contributed by atoms with Crippen molar-refractivity contribution in [1.29, 1.82) is 0 Å². The number of hydrogen-bond acceptors (Lipinski definition) is 4. The van der Waals surface area contributed by atoms with Crippen molar-refractivity contribution in [3.05, 3.63) is 28.8 Å². The van der Waals surface area contributed by atoms with E-state index in [2.05, 4.69) is 13.8 Å². The maximum Gasteiger partial charge on any atom is 0.141 e. The quantitative estimate of drug-likeness (QED) is 0.387. The largest absolute Gasteiger partial charge is 0.388 e. The molecule has 0 bridgehead atoms. The number of rotatable bonds is 11. The molecule has 1 aromatic heterocycles. The Kier molecular flexibility index (Phi) is 11.9. The third kappa shape index (κ3) is 7.14. The summed E-state index contributed by atoms with van der Waals surface area (Å²) >= 11 is 1.61. The third-order valence-corrected chi connectivity index (χ3v) is 6.08. The van der Waals surface area contributed by atoms with E-state index in [4.69, 9.17) is 4.74 Å². The molecule has 0 aliphatic heterocycles. The number of thiophene rings is 1. The van der Waals surface area contributed by atoms with Gasteiger partial charge in [0.2, 0.25) is 0 Å². The maximum absolute atomic E-state index is 12.3. The van der Waals surface area contributed by atoms with Gasteiger partial charge in [-0.3, -0.25) is 4.79 Å². The summed E-state index contributed by atoms with van der Waals surface area (Å²) in [4.78, 5) is 14.4. The number of Topliss-reactive ketones (excluding diaryl/α,β-unsaturated/α-hetero) is 1. The minimum Gasteiger partial charge on any atom is -0.388 e. The van der Waals surface area contributed by atoms with Crippen LogP contribution in [0.4, 0.5) is 0 Å². The van der Waals surface area contributed by atoms with Gasteiger partial charge in [0.25, 0.3) is 0 Å². The van der Waals surface area contributed by atoms with E-state index in [0.717, 1.165) is 61.3 Å². The second-order valence-corrected chi connectivity index (χ2v) is 7.92. The second kappa shape index (κ2) is 12.7. The van der Waals surface area contributed by atoms with Gasteiger partial charge in [-0.15, -0.1) is 11.3 Å². The third-order valence-electron chi connectivity index (χ3n) is 4.81. The molecule has 25 heavy (non-hydrogen) atoms. The van der Waals surface area contributed by atoms with Crippen LogP contribution in [0, 0.1) is 12.8 Å². The number of hydrogen-bond donors (Lipinski definition) is 1. The predicted octanol–water partition coefficient (Wildman–Crippen LogP) is 5.05. The Morgan fingerprint density at radius 3 is 2.88 bits per heavy atom. The molecule has 0 amide bonds. The summed E-state index contributed by atoms with van der Waals surface area (Å²) in [7, 11) is 0. The smallest absolute Gasteiger partial charge is 0.141 e. The molecule has 3 unspecified atom stereocenters. The molecule has 1 heterocycles. The van der Waals surface area contributed by atoms with Crippen LogP contribution in [0.25, 0.3) is 0 Å². The second-order valence-electron chi connectivity index (χ2n) is 6.78. The molecule has 1 fully saturated rings. The fourth-order valence-corrected chi connectivity index (χ4v) is 4.62. The van der Waals surface area contributed by atoms with Crippen LogP contribution in [0.1, 0.15) is 80.1 Å². The van der Waals surface area contributed by atoms with Crippen LogP contribution >= 0.6 is 11.3 Å². The molecule has 0 spiro atoms. The first-order valence-electron chi connectivity index (χ1n) is 9.34. The molecule has 1 saturated carbocycles. The van der Waals surface area contributed by atoms with E-state index >= 15 is 0 Å². The zero-order valence-electron chi connectivity index (χ0n) is 15.4. The standard InChI is InChI=1S/C20H31O3S.Y/c1-3-5-7-8-16(21)18-11-12-19(24-18)20-15(9-10-17(20)22)14-23-13-6-4-2;/h11-12,15-16,20-21H,2-10,13-14H2,1H3;/q-1;. The monoisotopic (exact) mass is 440 g/mol. The van der Waals surface area contributed by atoms with Crippen LogP contribution in [-0.4, -0.2) is 24.1 Å². The van der Waals surface area contributed by atoms with Gasteiger partial charge in [-0.25, -0.2) is 0 Å². The molecule has 0 aromatic carbocycles. The fraction of sp³-hybridized carbons (Fsp3) is 0.700. The summed E-state index contributed by atoms with van der Waals surface area (Å²) in [6, 6.07) is 4.04. The number of ether oxygens (including phenoxy) is 1. The molecular weight excluding hydrogens is 409 g/mol. The minimum absolute atomic E-state index is 0. The normalized spacial score (nSPS) is 21.3. The molecule has 0 saturated heterocycles. The molecule has 2 rings (SSSR count). The van der Waals surface area contributed by atoms with Crippen molar-refractivity contribution >= 4 is 17.1 Å². The van der Waals surface area contributed by atoms with Crippen molar-refractivity contribution in [1.82, 2.24) is 0 Å². The molecule has 1 aliphatic rings. The van der Waals surface area contributed by atoms with Crippen LogP contribution in [0.3, 0.4) is 0 Å². The number of unbranched alkanes of at least 4 members (excludes halogenated alkanes) is 3. The van der Waals surface area contributed by atoms with Gasteiger partial charge < -0.3 is 16.8 Å². The van der Waals surface area contributed by atoms with Crippen LogP contribution in [0.2, 0.25) is 0 Å². The molecule has 1 radical (unpaired) electrons. The van der Waals surface area contributed by atoms with Crippen molar-refractivity contribution < 1.29 is 47.3 Å². The molecule has 3 nitrogen and oxygen atoms in total. The van der Waals surface area contributed by atoms with E-state index in [1.807, 2.05) is 12.1 Å². The van der Waals surface area contributed by atoms with Gasteiger partial charge in [-0.2, -0.15) is 6.42 Å². The Hall–Kier alpha value is 0.394. The van der Waals surface area contributed by atoms with Gasteiger partial charge in [0.05, 0.1) is 18.6 Å². The zero-order valence-corrected chi connectivity index (χ0v) is 19.1. The summed E-state index contributed by atoms with van der Waals surface area (Å²) < 4.78 is 5.74. The predicted molar refractivity (Wildman–Crippen MR) is 99.3 cm³/mol. The molecule has 1 aromatic rings. The summed E-state index contributed by atoms with van der Waals surface area (Å²) in [5.41, 5.74) is 0. The minimum atomic E-state index is -0.390. The van der Waals surface area contributed by atoms with Crippen LogP contribution in [0.15, 0.2) is 12.1 Å². The van der Waals surface area contributed by atoms with Gasteiger partial charge in [-0.05, 0) is 30.9 Å². The van der Waals surface area contributed by atoms with Gasteiger partial charge >= 0.3 is 0 Å². The summed E-state index contributed by atoms with van der Waals surface area (Å²) in [6.45, 7) is 7.37. The molecule has 139 valence electrons. The first kappa shape index (κ1) is 23.4. The van der Waals surface area contributed by atoms with E-state index in [-0.39, 0.29) is 44.5 Å². The van der Waals surface area contributed by atoms with Gasteiger partial charge in [0, 0.05) is 55.5 Å². The Balaban J connectivity index is 0.00000312. The fourth-order valence-electron chi connectivity index (χ4n) is 3.37. The van der Waals surface area contributed by atoms with Crippen LogP contribution in [-0.2, 0) is 42.2 Å². The van der Waals surface area contributed by atoms with Crippen molar-refractivity contribution in [2.45, 2.75) is 70.3 Å². The SMILES string of the molecule is [CH2-]CCCOCC1CCC(=O)C1c1ccc(C(O)CCCCC)s1.[Y]. The topological polar surface area (TPSA) is 46.5 Å². The Morgan fingerprint density at radius 2 is 2.16 bits per heavy atom. The summed E-state index contributed by atoms with van der Waals surface area (Å²) in [6.07, 6.45) is 7.21. The molecule has 3 atom stereocenters. The van der Waals surface area contributed by atoms with E-state index in [0.29, 0.717) is 18.8 Å². The van der Waals surface area contributed by atoms with Gasteiger partial charge in [-0.1, -0.05) is 32.6 Å². The van der Waals surface area contributed by atoms with Crippen LogP contribution in [0.5, 0.6) is 0 Å². The van der Waals surface area contributed by atoms with Crippen molar-refractivity contribution in [3.63, 3.8) is 0 Å². The molecule has 1 N–H and O–H groups in total. The average molecular weight is 440 g/mol. The first-order valence-corrected chi connectivity index (χ1v) is 10.2. The number of carbonyl (C=O) groups excluding carboxylic acids is 1. The molecule has 1 aliphatic carbocycles. The zero-order chi connectivity index (χ0) is 17.4. The number of carbonyl (C=O) groups is 1. The number of ketones is 1. The molecular formula is C20H31O3SY-. The van der Waals surface area contributed by atoms with Crippen molar-refractivity contribution in [2.75, 3.05) is 13.2 Å². The van der Waals surface area contributed by atoms with Gasteiger partial charge in [0.15, 0.2) is 0 Å². The molecule has 5 heteroatoms. The van der Waals surface area contributed by atoms with Crippen LogP contribution < -0.4 is 0 Å². The number of aliphatic hydroxyl groups excluding tert-OH is 1. The van der Waals surface area contributed by atoms with E-state index in [1.54, 1.807) is 11.3 Å². The van der Waals surface area contributed by atoms with Crippen molar-refractivity contribution in [3.8, 4) is 0 Å². The van der Waals surface area contributed by atoms with E-state index in [9.17, 15) is 9.90 Å².